The summed E-state index contributed by atoms with van der Waals surface area (Å²) in [6.07, 6.45) is 2.19. The highest BCUT2D eigenvalue weighted by molar-refractivity contribution is 8.44. The predicted molar refractivity (Wildman–Crippen MR) is 158 cm³/mol. The maximum atomic E-state index is 16.1. The molecular formula is C24H26FN7O8P2S2. The first kappa shape index (κ1) is 30.3. The van der Waals surface area contributed by atoms with Gasteiger partial charge in [0.2, 0.25) is 0 Å². The van der Waals surface area contributed by atoms with Crippen molar-refractivity contribution in [2.75, 3.05) is 19.8 Å². The van der Waals surface area contributed by atoms with Crippen LogP contribution < -0.4 is 5.73 Å². The molecule has 15 nitrogen and oxygen atoms in total. The van der Waals surface area contributed by atoms with Gasteiger partial charge >= 0.3 is 13.6 Å². The third-order valence-corrected chi connectivity index (χ3v) is 11.4. The van der Waals surface area contributed by atoms with Crippen molar-refractivity contribution in [2.24, 2.45) is 17.6 Å². The molecule has 3 fully saturated rings. The number of carbonyl (C=O) groups excluding carboxylic acids is 1. The molecule has 1 amide bonds. The molecule has 4 aromatic rings. The molecule has 0 radical (unpaired) electrons. The summed E-state index contributed by atoms with van der Waals surface area (Å²) in [6.45, 7) is -8.76. The fourth-order valence-electron chi connectivity index (χ4n) is 5.92. The minimum atomic E-state index is -4.15. The van der Waals surface area contributed by atoms with Gasteiger partial charge in [-0.25, -0.2) is 28.5 Å². The summed E-state index contributed by atoms with van der Waals surface area (Å²) >= 11 is 8.25. The number of thiol groups is 2. The summed E-state index contributed by atoms with van der Waals surface area (Å²) in [4.78, 5) is 28.6. The number of ether oxygens (including phenoxy) is 1. The van der Waals surface area contributed by atoms with Crippen LogP contribution in [0.3, 0.4) is 0 Å². The Hall–Kier alpha value is -2.40. The average molecular weight is 686 g/mol. The summed E-state index contributed by atoms with van der Waals surface area (Å²) in [5.74, 6) is -1.36. The van der Waals surface area contributed by atoms with E-state index >= 15 is 4.39 Å². The highest BCUT2D eigenvalue weighted by atomic mass is 32.7. The smallest absolute Gasteiger partial charge is 0.364 e. The van der Waals surface area contributed by atoms with Crippen LogP contribution in [0.4, 0.5) is 4.39 Å². The van der Waals surface area contributed by atoms with Crippen LogP contribution in [0.2, 0.25) is 0 Å². The maximum Gasteiger partial charge on any atom is 0.386 e. The largest absolute Gasteiger partial charge is 0.386 e. The monoisotopic (exact) mass is 685 g/mol. The lowest BCUT2D eigenvalue weighted by Gasteiger charge is -2.45. The maximum absolute atomic E-state index is 16.1. The molecule has 0 unspecified atom stereocenters. The molecular weight excluding hydrogens is 659 g/mol. The number of primary amides is 1. The minimum absolute atomic E-state index is 0.0658. The molecule has 9 atom stereocenters. The van der Waals surface area contributed by atoms with Gasteiger partial charge in [-0.05, 0) is 41.9 Å². The number of hydrogen-bond acceptors (Lipinski definition) is 12. The number of halogens is 1. The summed E-state index contributed by atoms with van der Waals surface area (Å²) in [5, 5.41) is 0. The number of imidazole rings is 2. The fourth-order valence-corrected chi connectivity index (χ4v) is 8.62. The quantitative estimate of drug-likeness (QED) is 0.210. The molecule has 0 aromatic carbocycles. The third kappa shape index (κ3) is 5.60. The second-order valence-corrected chi connectivity index (χ2v) is 16.5. The molecule has 1 saturated carbocycles. The van der Waals surface area contributed by atoms with Crippen LogP contribution in [0.1, 0.15) is 34.6 Å². The lowest BCUT2D eigenvalue weighted by atomic mass is 9.63. The number of aromatic nitrogens is 6. The Morgan fingerprint density at radius 1 is 1.00 bits per heavy atom. The molecule has 7 rings (SSSR count). The number of alkyl halides is 1. The van der Waals surface area contributed by atoms with Gasteiger partial charge in [-0.3, -0.25) is 27.8 Å². The van der Waals surface area contributed by atoms with Crippen molar-refractivity contribution in [1.29, 1.82) is 0 Å². The van der Waals surface area contributed by atoms with Gasteiger partial charge in [-0.15, -0.1) is 0 Å². The zero-order valence-electron chi connectivity index (χ0n) is 22.6. The molecule has 4 aromatic heterocycles. The van der Waals surface area contributed by atoms with Gasteiger partial charge in [0.25, 0.3) is 5.91 Å². The number of nitrogens with zero attached hydrogens (tertiary/aromatic N) is 6. The van der Waals surface area contributed by atoms with Gasteiger partial charge in [-0.1, -0.05) is 24.5 Å². The molecule has 6 heterocycles. The number of hydrogen-bond donors (Lipinski definition) is 3. The summed E-state index contributed by atoms with van der Waals surface area (Å²) in [6, 6.07) is 3.33. The second kappa shape index (κ2) is 11.4. The molecule has 44 heavy (non-hydrogen) atoms. The van der Waals surface area contributed by atoms with Crippen molar-refractivity contribution < 1.29 is 41.1 Å². The van der Waals surface area contributed by atoms with Crippen LogP contribution >= 0.6 is 38.1 Å². The Labute approximate surface area is 259 Å². The molecule has 1 aliphatic carbocycles. The Morgan fingerprint density at radius 3 is 2.61 bits per heavy atom. The summed E-state index contributed by atoms with van der Waals surface area (Å²) in [7, 11) is 0. The van der Waals surface area contributed by atoms with Gasteiger partial charge in [0.1, 0.15) is 24.2 Å². The zero-order valence-corrected chi connectivity index (χ0v) is 26.2. The van der Waals surface area contributed by atoms with E-state index in [4.69, 9.17) is 28.6 Å². The van der Waals surface area contributed by atoms with E-state index < -0.39 is 50.7 Å². The molecule has 20 heteroatoms. The van der Waals surface area contributed by atoms with Gasteiger partial charge in [0.05, 0.1) is 26.1 Å². The topological polar surface area (TPSA) is 184 Å². The first-order valence-electron chi connectivity index (χ1n) is 13.5. The van der Waals surface area contributed by atoms with Crippen molar-refractivity contribution in [1.82, 2.24) is 28.9 Å². The van der Waals surface area contributed by atoms with Crippen molar-refractivity contribution >= 4 is 60.8 Å². The molecule has 0 spiro atoms. The standard InChI is InChI=1S/C24H26FN7O8P2S2/c25-18-20-17(39-24(18)32-11-29-19-22-28-3-4-31(22)10-30-23(19)32)9-38-41(34,43)37-8-15-13(7-36-42(35,44)40-20)5-14(15)12-1-2-27-16(6-12)21(26)33/h1-4,6,10-11,13-15,17-18,20,24H,5,7-9H2,(H2,26,33)(H,34,43)(H,35,44)/t13-,14+,15-,17-,18-,20-,24-,41-,42+/m1/s1. The molecule has 3 aliphatic rings. The Kier molecular flexibility index (Phi) is 7.87. The molecule has 2 saturated heterocycles. The molecule has 234 valence electrons. The Balaban J connectivity index is 1.13. The third-order valence-electron chi connectivity index (χ3n) is 8.18. The van der Waals surface area contributed by atoms with E-state index in [2.05, 4.69) is 44.4 Å². The highest BCUT2D eigenvalue weighted by Crippen LogP contribution is 2.61. The lowest BCUT2D eigenvalue weighted by Crippen LogP contribution is -2.40. The van der Waals surface area contributed by atoms with Crippen molar-refractivity contribution in [3.63, 3.8) is 0 Å². The van der Waals surface area contributed by atoms with Crippen LogP contribution in [-0.2, 0) is 32.0 Å². The van der Waals surface area contributed by atoms with E-state index in [0.29, 0.717) is 23.2 Å². The van der Waals surface area contributed by atoms with Gasteiger partial charge in [0.15, 0.2) is 29.2 Å². The summed E-state index contributed by atoms with van der Waals surface area (Å²) < 4.78 is 74.2. The van der Waals surface area contributed by atoms with Crippen LogP contribution in [0.5, 0.6) is 0 Å². The minimum Gasteiger partial charge on any atom is -0.364 e. The van der Waals surface area contributed by atoms with E-state index in [0.717, 1.165) is 5.56 Å². The van der Waals surface area contributed by atoms with Crippen molar-refractivity contribution in [3.8, 4) is 0 Å². The van der Waals surface area contributed by atoms with Crippen LogP contribution in [0.25, 0.3) is 16.8 Å². The SMILES string of the molecule is NC(=O)c1cc([C@@H]2C[C@@H]3CO[P@](=O)(S)O[C@H]4[C@@H](F)[C@H](n5cnc6c5ncn5ccnc65)O[C@@H]4CO[P@](=O)(S)OC[C@H]32)ccn1. The van der Waals surface area contributed by atoms with Crippen LogP contribution in [-0.4, -0.2) is 73.0 Å². The number of nitrogens with two attached hydrogens (primary N) is 1. The molecule has 2 N–H and O–H groups in total. The van der Waals surface area contributed by atoms with Gasteiger partial charge in [-0.2, -0.15) is 0 Å². The average Bonchev–Trinajstić information content (AvgIpc) is 3.68. The van der Waals surface area contributed by atoms with Crippen molar-refractivity contribution in [3.05, 3.63) is 54.6 Å². The van der Waals surface area contributed by atoms with Crippen LogP contribution in [0.15, 0.2) is 43.4 Å². The van der Waals surface area contributed by atoms with E-state index in [1.54, 1.807) is 28.9 Å². The first-order chi connectivity index (χ1) is 21.0. The van der Waals surface area contributed by atoms with E-state index in [1.807, 2.05) is 0 Å². The van der Waals surface area contributed by atoms with Gasteiger partial charge < -0.3 is 19.5 Å². The predicted octanol–water partition coefficient (Wildman–Crippen LogP) is 3.75. The molecule has 0 bridgehead atoms. The Morgan fingerprint density at radius 2 is 1.80 bits per heavy atom. The van der Waals surface area contributed by atoms with E-state index in [9.17, 15) is 13.9 Å². The number of rotatable bonds is 3. The number of pyridine rings is 1. The number of fused-ring (bicyclic) bond motifs is 5. The highest BCUT2D eigenvalue weighted by Gasteiger charge is 2.52. The second-order valence-electron chi connectivity index (χ2n) is 10.7. The van der Waals surface area contributed by atoms with Crippen molar-refractivity contribution in [2.45, 2.75) is 36.9 Å². The van der Waals surface area contributed by atoms with Crippen LogP contribution in [0, 0.1) is 11.8 Å². The first-order valence-corrected chi connectivity index (χ1v) is 18.9. The zero-order chi connectivity index (χ0) is 30.8. The van der Waals surface area contributed by atoms with E-state index in [1.165, 1.54) is 23.4 Å². The normalized spacial score (nSPS) is 36.5. The summed E-state index contributed by atoms with van der Waals surface area (Å²) in [5.41, 5.74) is 7.48. The van der Waals surface area contributed by atoms with Gasteiger partial charge in [0, 0.05) is 18.6 Å². The Bertz CT molecular complexity index is 1850. The number of amides is 1. The number of carbonyl (C=O) groups is 1. The van der Waals surface area contributed by atoms with E-state index in [-0.39, 0.29) is 36.7 Å². The lowest BCUT2D eigenvalue weighted by molar-refractivity contribution is -0.0407. The molecule has 2 aliphatic heterocycles. The fraction of sp³-hybridized carbons (Fsp3) is 0.458.